The van der Waals surface area contributed by atoms with Crippen molar-refractivity contribution in [2.75, 3.05) is 16.6 Å². The Balaban J connectivity index is 2.90. The molecular weight excluding hydrogens is 304 g/mol. The van der Waals surface area contributed by atoms with Gasteiger partial charge in [0.15, 0.2) is 0 Å². The summed E-state index contributed by atoms with van der Waals surface area (Å²) in [7, 11) is -3.50. The maximum Gasteiger partial charge on any atom is 0.279 e. The second kappa shape index (κ2) is 5.92. The minimum atomic E-state index is -3.50. The number of sulfonamides is 1. The molecule has 118 valence electrons. The zero-order valence-electron chi connectivity index (χ0n) is 12.7. The normalized spacial score (nSPS) is 11.6. The van der Waals surface area contributed by atoms with E-state index in [-0.39, 0.29) is 18.0 Å². The first-order valence-corrected chi connectivity index (χ1v) is 8.61. The molecule has 2 rings (SSSR count). The summed E-state index contributed by atoms with van der Waals surface area (Å²) in [5.41, 5.74) is 1.14. The highest BCUT2D eigenvalue weighted by Gasteiger charge is 2.25. The van der Waals surface area contributed by atoms with E-state index in [0.29, 0.717) is 16.5 Å². The Morgan fingerprint density at radius 3 is 2.41 bits per heavy atom. The maximum atomic E-state index is 12.3. The van der Waals surface area contributed by atoms with E-state index in [4.69, 9.17) is 0 Å². The van der Waals surface area contributed by atoms with Gasteiger partial charge in [-0.05, 0) is 37.8 Å². The molecule has 6 nitrogen and oxygen atoms in total. The predicted octanol–water partition coefficient (Wildman–Crippen LogP) is 3.23. The highest BCUT2D eigenvalue weighted by Crippen LogP contribution is 2.37. The predicted molar refractivity (Wildman–Crippen MR) is 87.8 cm³/mol. The Bertz CT molecular complexity index is 831. The van der Waals surface area contributed by atoms with Crippen LogP contribution >= 0.6 is 0 Å². The first-order chi connectivity index (χ1) is 10.3. The van der Waals surface area contributed by atoms with E-state index < -0.39 is 14.9 Å². The van der Waals surface area contributed by atoms with Gasteiger partial charge in [0.1, 0.15) is 0 Å². The number of nitro benzene ring substituents is 1. The summed E-state index contributed by atoms with van der Waals surface area (Å²) in [5, 5.41) is 12.4. The van der Waals surface area contributed by atoms with Gasteiger partial charge in [0.2, 0.25) is 10.0 Å². The minimum absolute atomic E-state index is 0.0587. The van der Waals surface area contributed by atoms with Crippen molar-refractivity contribution in [3.63, 3.8) is 0 Å². The van der Waals surface area contributed by atoms with Crippen molar-refractivity contribution < 1.29 is 13.3 Å². The lowest BCUT2D eigenvalue weighted by atomic mass is 10.0. The lowest BCUT2D eigenvalue weighted by Gasteiger charge is -2.24. The first-order valence-electron chi connectivity index (χ1n) is 7.00. The second-order valence-electron chi connectivity index (χ2n) is 4.92. The number of hydrogen-bond donors (Lipinski definition) is 0. The average molecular weight is 322 g/mol. The van der Waals surface area contributed by atoms with Gasteiger partial charge in [-0.25, -0.2) is 8.42 Å². The van der Waals surface area contributed by atoms with Gasteiger partial charge in [-0.15, -0.1) is 0 Å². The number of hydrogen-bond acceptors (Lipinski definition) is 4. The van der Waals surface area contributed by atoms with Gasteiger partial charge in [-0.1, -0.05) is 18.2 Å². The molecule has 0 fully saturated rings. The van der Waals surface area contributed by atoms with Gasteiger partial charge in [0, 0.05) is 12.6 Å². The van der Waals surface area contributed by atoms with Crippen molar-refractivity contribution in [3.05, 3.63) is 46.0 Å². The molecular formula is C15H18N2O4S. The quantitative estimate of drug-likeness (QED) is 0.625. The molecule has 0 saturated heterocycles. The van der Waals surface area contributed by atoms with Gasteiger partial charge in [0.25, 0.3) is 5.69 Å². The average Bonchev–Trinajstić information content (AvgIpc) is 2.49. The van der Waals surface area contributed by atoms with E-state index in [2.05, 4.69) is 0 Å². The Morgan fingerprint density at radius 2 is 1.86 bits per heavy atom. The molecule has 22 heavy (non-hydrogen) atoms. The number of nitrogens with zero attached hydrogens (tertiary/aromatic N) is 2. The SMILES string of the molecule is CCN(c1ccc(C)c2cccc([N+](=O)[O-])c12)S(=O)(=O)CC. The van der Waals surface area contributed by atoms with Gasteiger partial charge in [-0.2, -0.15) is 0 Å². The number of rotatable bonds is 5. The Morgan fingerprint density at radius 1 is 1.18 bits per heavy atom. The van der Waals surface area contributed by atoms with Crippen LogP contribution in [0.3, 0.4) is 0 Å². The van der Waals surface area contributed by atoms with Crippen LogP contribution in [0.2, 0.25) is 0 Å². The van der Waals surface area contributed by atoms with E-state index in [1.54, 1.807) is 38.1 Å². The van der Waals surface area contributed by atoms with E-state index in [1.807, 2.05) is 6.92 Å². The van der Waals surface area contributed by atoms with Crippen LogP contribution in [0.15, 0.2) is 30.3 Å². The molecule has 0 saturated carbocycles. The third-order valence-electron chi connectivity index (χ3n) is 3.67. The van der Waals surface area contributed by atoms with Gasteiger partial charge >= 0.3 is 0 Å². The van der Waals surface area contributed by atoms with Crippen LogP contribution in [0.5, 0.6) is 0 Å². The Labute approximate surface area is 129 Å². The van der Waals surface area contributed by atoms with Crippen LogP contribution in [-0.4, -0.2) is 25.6 Å². The topological polar surface area (TPSA) is 80.5 Å². The van der Waals surface area contributed by atoms with E-state index in [1.165, 1.54) is 10.4 Å². The van der Waals surface area contributed by atoms with Crippen molar-refractivity contribution in [2.24, 2.45) is 0 Å². The van der Waals surface area contributed by atoms with Gasteiger partial charge in [-0.3, -0.25) is 14.4 Å². The van der Waals surface area contributed by atoms with Crippen molar-refractivity contribution in [1.82, 2.24) is 0 Å². The lowest BCUT2D eigenvalue weighted by Crippen LogP contribution is -2.32. The first kappa shape index (κ1) is 16.2. The highest BCUT2D eigenvalue weighted by molar-refractivity contribution is 7.92. The third kappa shape index (κ3) is 2.64. The van der Waals surface area contributed by atoms with Crippen molar-refractivity contribution in [1.29, 1.82) is 0 Å². The molecule has 0 aromatic heterocycles. The molecule has 0 unspecified atom stereocenters. The fourth-order valence-electron chi connectivity index (χ4n) is 2.55. The zero-order chi connectivity index (χ0) is 16.5. The Kier molecular flexibility index (Phi) is 4.37. The summed E-state index contributed by atoms with van der Waals surface area (Å²) >= 11 is 0. The fraction of sp³-hybridized carbons (Fsp3) is 0.333. The summed E-state index contributed by atoms with van der Waals surface area (Å²) in [5.74, 6) is -0.0587. The number of fused-ring (bicyclic) bond motifs is 1. The smallest absolute Gasteiger partial charge is 0.270 e. The highest BCUT2D eigenvalue weighted by atomic mass is 32.2. The van der Waals surface area contributed by atoms with Crippen LogP contribution in [0.1, 0.15) is 19.4 Å². The van der Waals surface area contributed by atoms with Gasteiger partial charge in [0.05, 0.1) is 21.7 Å². The number of nitro groups is 1. The summed E-state index contributed by atoms with van der Waals surface area (Å²) in [4.78, 5) is 10.9. The molecule has 0 aliphatic heterocycles. The molecule has 0 bridgehead atoms. The molecule has 2 aromatic rings. The van der Waals surface area contributed by atoms with Crippen LogP contribution in [0, 0.1) is 17.0 Å². The molecule has 0 heterocycles. The van der Waals surface area contributed by atoms with Crippen LogP contribution in [-0.2, 0) is 10.0 Å². The summed E-state index contributed by atoms with van der Waals surface area (Å²) in [6.07, 6.45) is 0. The largest absolute Gasteiger partial charge is 0.279 e. The van der Waals surface area contributed by atoms with E-state index >= 15 is 0 Å². The number of anilines is 1. The van der Waals surface area contributed by atoms with Crippen LogP contribution in [0.25, 0.3) is 10.8 Å². The van der Waals surface area contributed by atoms with Crippen molar-refractivity contribution in [2.45, 2.75) is 20.8 Å². The van der Waals surface area contributed by atoms with Crippen LogP contribution in [0.4, 0.5) is 11.4 Å². The summed E-state index contributed by atoms with van der Waals surface area (Å²) in [6.45, 7) is 5.34. The molecule has 0 N–H and O–H groups in total. The number of benzene rings is 2. The van der Waals surface area contributed by atoms with Crippen molar-refractivity contribution in [3.8, 4) is 0 Å². The van der Waals surface area contributed by atoms with Gasteiger partial charge < -0.3 is 0 Å². The number of aryl methyl sites for hydroxylation is 1. The monoisotopic (exact) mass is 322 g/mol. The van der Waals surface area contributed by atoms with E-state index in [0.717, 1.165) is 5.56 Å². The maximum absolute atomic E-state index is 12.3. The molecule has 2 aromatic carbocycles. The summed E-state index contributed by atoms with van der Waals surface area (Å²) < 4.78 is 25.8. The lowest BCUT2D eigenvalue weighted by molar-refractivity contribution is -0.383. The van der Waals surface area contributed by atoms with Crippen molar-refractivity contribution >= 4 is 32.2 Å². The molecule has 0 radical (unpaired) electrons. The third-order valence-corrected chi connectivity index (χ3v) is 5.52. The fourth-order valence-corrected chi connectivity index (χ4v) is 3.70. The zero-order valence-corrected chi connectivity index (χ0v) is 13.6. The molecule has 0 amide bonds. The Hall–Kier alpha value is -2.15. The molecule has 7 heteroatoms. The molecule has 0 atom stereocenters. The minimum Gasteiger partial charge on any atom is -0.270 e. The van der Waals surface area contributed by atoms with Crippen LogP contribution < -0.4 is 4.31 Å². The standard InChI is InChI=1S/C15H18N2O4S/c1-4-16(22(20,21)5-2)13-10-9-11(3)12-7-6-8-14(15(12)13)17(18)19/h6-10H,4-5H2,1-3H3. The molecule has 0 spiro atoms. The molecule has 0 aliphatic carbocycles. The number of non-ortho nitro benzene ring substituents is 1. The second-order valence-corrected chi connectivity index (χ2v) is 7.11. The van der Waals surface area contributed by atoms with E-state index in [9.17, 15) is 18.5 Å². The molecule has 0 aliphatic rings. The summed E-state index contributed by atoms with van der Waals surface area (Å²) in [6, 6.07) is 8.21.